The van der Waals surface area contributed by atoms with Gasteiger partial charge < -0.3 is 5.73 Å². The number of aryl methyl sites for hydroxylation is 4. The highest BCUT2D eigenvalue weighted by Crippen LogP contribution is 2.16. The molecule has 3 heteroatoms. The van der Waals surface area contributed by atoms with Gasteiger partial charge in [0.15, 0.2) is 0 Å². The molecule has 0 saturated heterocycles. The van der Waals surface area contributed by atoms with E-state index in [4.69, 9.17) is 5.73 Å². The van der Waals surface area contributed by atoms with Crippen molar-refractivity contribution in [1.29, 1.82) is 0 Å². The van der Waals surface area contributed by atoms with Gasteiger partial charge in [0.05, 0.1) is 5.69 Å². The summed E-state index contributed by atoms with van der Waals surface area (Å²) in [7, 11) is 0. The Balaban J connectivity index is 2.07. The number of aromatic amines is 1. The van der Waals surface area contributed by atoms with E-state index in [0.717, 1.165) is 35.5 Å². The highest BCUT2D eigenvalue weighted by Gasteiger charge is 2.06. The van der Waals surface area contributed by atoms with Crippen molar-refractivity contribution in [3.05, 3.63) is 46.3 Å². The molecule has 1 aromatic carbocycles. The van der Waals surface area contributed by atoms with Crippen LogP contribution in [0.2, 0.25) is 0 Å². The summed E-state index contributed by atoms with van der Waals surface area (Å²) >= 11 is 0. The van der Waals surface area contributed by atoms with Crippen LogP contribution in [0.5, 0.6) is 0 Å². The van der Waals surface area contributed by atoms with Crippen molar-refractivity contribution in [2.45, 2.75) is 33.6 Å². The van der Waals surface area contributed by atoms with Crippen LogP contribution in [0, 0.1) is 20.8 Å². The van der Waals surface area contributed by atoms with Crippen molar-refractivity contribution in [1.82, 2.24) is 10.2 Å². The smallest absolute Gasteiger partial charge is 0.0657 e. The Labute approximate surface area is 102 Å². The zero-order valence-corrected chi connectivity index (χ0v) is 10.7. The highest BCUT2D eigenvalue weighted by molar-refractivity contribution is 5.48. The molecule has 0 atom stereocenters. The fourth-order valence-electron chi connectivity index (χ4n) is 1.89. The van der Waals surface area contributed by atoms with Crippen molar-refractivity contribution >= 4 is 5.69 Å². The number of benzene rings is 1. The lowest BCUT2D eigenvalue weighted by molar-refractivity contribution is 0.885. The van der Waals surface area contributed by atoms with Crippen LogP contribution in [-0.2, 0) is 12.8 Å². The zero-order valence-electron chi connectivity index (χ0n) is 10.7. The van der Waals surface area contributed by atoms with Crippen LogP contribution in [0.1, 0.15) is 28.1 Å². The summed E-state index contributed by atoms with van der Waals surface area (Å²) in [6.45, 7) is 6.19. The maximum Gasteiger partial charge on any atom is 0.0657 e. The van der Waals surface area contributed by atoms with Crippen molar-refractivity contribution in [3.63, 3.8) is 0 Å². The van der Waals surface area contributed by atoms with Gasteiger partial charge in [0, 0.05) is 11.4 Å². The van der Waals surface area contributed by atoms with Gasteiger partial charge >= 0.3 is 0 Å². The van der Waals surface area contributed by atoms with Gasteiger partial charge in [0.1, 0.15) is 0 Å². The monoisotopic (exact) mass is 229 g/mol. The van der Waals surface area contributed by atoms with E-state index in [-0.39, 0.29) is 0 Å². The van der Waals surface area contributed by atoms with E-state index in [9.17, 15) is 0 Å². The molecule has 0 aliphatic heterocycles. The molecule has 0 spiro atoms. The normalized spacial score (nSPS) is 10.8. The van der Waals surface area contributed by atoms with Crippen LogP contribution in [0.4, 0.5) is 5.69 Å². The average molecular weight is 229 g/mol. The van der Waals surface area contributed by atoms with E-state index in [1.165, 1.54) is 11.1 Å². The van der Waals surface area contributed by atoms with Crippen molar-refractivity contribution in [2.75, 3.05) is 5.73 Å². The minimum atomic E-state index is 0.873. The van der Waals surface area contributed by atoms with Gasteiger partial charge in [-0.3, -0.25) is 5.10 Å². The predicted octanol–water partition coefficient (Wildman–Crippen LogP) is 2.70. The lowest BCUT2D eigenvalue weighted by Crippen LogP contribution is -1.96. The Bertz CT molecular complexity index is 526. The second kappa shape index (κ2) is 4.62. The number of aromatic nitrogens is 2. The summed E-state index contributed by atoms with van der Waals surface area (Å²) in [5, 5.41) is 7.33. The van der Waals surface area contributed by atoms with Gasteiger partial charge in [-0.05, 0) is 56.4 Å². The molecule has 17 heavy (non-hydrogen) atoms. The topological polar surface area (TPSA) is 54.7 Å². The van der Waals surface area contributed by atoms with Crippen molar-refractivity contribution < 1.29 is 0 Å². The van der Waals surface area contributed by atoms with Gasteiger partial charge in [-0.15, -0.1) is 0 Å². The second-order valence-corrected chi connectivity index (χ2v) is 4.61. The summed E-state index contributed by atoms with van der Waals surface area (Å²) in [6, 6.07) is 6.28. The Kier molecular flexibility index (Phi) is 3.18. The van der Waals surface area contributed by atoms with E-state index in [1.54, 1.807) is 0 Å². The van der Waals surface area contributed by atoms with E-state index in [0.29, 0.717) is 0 Å². The molecular formula is C14H19N3. The number of hydrogen-bond acceptors (Lipinski definition) is 2. The third-order valence-corrected chi connectivity index (χ3v) is 3.35. The van der Waals surface area contributed by atoms with E-state index in [1.807, 2.05) is 6.92 Å². The van der Waals surface area contributed by atoms with E-state index >= 15 is 0 Å². The summed E-state index contributed by atoms with van der Waals surface area (Å²) in [5.74, 6) is 0. The molecule has 0 aliphatic rings. The van der Waals surface area contributed by atoms with Gasteiger partial charge in [-0.1, -0.05) is 12.1 Å². The first-order valence-corrected chi connectivity index (χ1v) is 5.93. The minimum absolute atomic E-state index is 0.873. The molecular weight excluding hydrogens is 210 g/mol. The van der Waals surface area contributed by atoms with Gasteiger partial charge in [-0.2, -0.15) is 5.10 Å². The predicted molar refractivity (Wildman–Crippen MR) is 71.1 cm³/mol. The summed E-state index contributed by atoms with van der Waals surface area (Å²) in [4.78, 5) is 0. The number of rotatable bonds is 3. The number of H-pyrrole nitrogens is 1. The van der Waals surface area contributed by atoms with Crippen LogP contribution in [-0.4, -0.2) is 10.2 Å². The Hall–Kier alpha value is -1.77. The third-order valence-electron chi connectivity index (χ3n) is 3.35. The molecule has 90 valence electrons. The molecule has 3 N–H and O–H groups in total. The van der Waals surface area contributed by atoms with Gasteiger partial charge in [-0.25, -0.2) is 0 Å². The number of anilines is 1. The number of nitrogens with two attached hydrogens (primary N) is 1. The molecule has 1 heterocycles. The van der Waals surface area contributed by atoms with Crippen molar-refractivity contribution in [3.8, 4) is 0 Å². The lowest BCUT2D eigenvalue weighted by atomic mass is 10.0. The summed E-state index contributed by atoms with van der Waals surface area (Å²) in [6.07, 6.45) is 1.94. The van der Waals surface area contributed by atoms with Gasteiger partial charge in [0.2, 0.25) is 0 Å². The van der Waals surface area contributed by atoms with E-state index in [2.05, 4.69) is 42.2 Å². The molecule has 0 aliphatic carbocycles. The van der Waals surface area contributed by atoms with Crippen molar-refractivity contribution in [2.24, 2.45) is 0 Å². The maximum atomic E-state index is 5.90. The first-order chi connectivity index (χ1) is 8.08. The molecule has 0 unspecified atom stereocenters. The number of nitrogen functional groups attached to an aromatic ring is 1. The van der Waals surface area contributed by atoms with Crippen LogP contribution in [0.15, 0.2) is 18.2 Å². The fourth-order valence-corrected chi connectivity index (χ4v) is 1.89. The molecule has 0 saturated carbocycles. The molecule has 0 amide bonds. The molecule has 1 aromatic heterocycles. The molecule has 0 fully saturated rings. The highest BCUT2D eigenvalue weighted by atomic mass is 15.1. The quantitative estimate of drug-likeness (QED) is 0.795. The number of hydrogen-bond donors (Lipinski definition) is 2. The Morgan fingerprint density at radius 1 is 1.18 bits per heavy atom. The third kappa shape index (κ3) is 2.49. The number of nitrogens with one attached hydrogen (secondary N) is 1. The standard InChI is InChI=1S/C14H19N3/c1-9-4-5-12(8-13(9)15)6-7-14-10(2)11(3)16-17-14/h4-5,8H,6-7,15H2,1-3H3,(H,16,17). The second-order valence-electron chi connectivity index (χ2n) is 4.61. The Morgan fingerprint density at radius 2 is 1.94 bits per heavy atom. The molecule has 3 nitrogen and oxygen atoms in total. The van der Waals surface area contributed by atoms with Crippen LogP contribution < -0.4 is 5.73 Å². The minimum Gasteiger partial charge on any atom is -0.399 e. The zero-order chi connectivity index (χ0) is 12.4. The molecule has 0 radical (unpaired) electrons. The summed E-state index contributed by atoms with van der Waals surface area (Å²) < 4.78 is 0. The largest absolute Gasteiger partial charge is 0.399 e. The lowest BCUT2D eigenvalue weighted by Gasteiger charge is -2.04. The molecule has 2 rings (SSSR count). The summed E-state index contributed by atoms with van der Waals surface area (Å²) in [5.41, 5.74) is 12.8. The van der Waals surface area contributed by atoms with Crippen LogP contribution in [0.3, 0.4) is 0 Å². The van der Waals surface area contributed by atoms with E-state index < -0.39 is 0 Å². The fraction of sp³-hybridized carbons (Fsp3) is 0.357. The first kappa shape index (κ1) is 11.7. The molecule has 0 bridgehead atoms. The Morgan fingerprint density at radius 3 is 2.53 bits per heavy atom. The van der Waals surface area contributed by atoms with Crippen LogP contribution in [0.25, 0.3) is 0 Å². The van der Waals surface area contributed by atoms with Crippen LogP contribution >= 0.6 is 0 Å². The average Bonchev–Trinajstić information content (AvgIpc) is 2.62. The first-order valence-electron chi connectivity index (χ1n) is 5.93. The maximum absolute atomic E-state index is 5.90. The number of nitrogens with zero attached hydrogens (tertiary/aromatic N) is 1. The molecule has 2 aromatic rings. The van der Waals surface area contributed by atoms with Gasteiger partial charge in [0.25, 0.3) is 0 Å². The SMILES string of the molecule is Cc1ccc(CCc2n[nH]c(C)c2C)cc1N.